The van der Waals surface area contributed by atoms with Gasteiger partial charge in [0, 0.05) is 23.9 Å². The van der Waals surface area contributed by atoms with Crippen LogP contribution in [0.2, 0.25) is 0 Å². The van der Waals surface area contributed by atoms with Crippen molar-refractivity contribution < 1.29 is 14.3 Å². The maximum absolute atomic E-state index is 12.6. The predicted molar refractivity (Wildman–Crippen MR) is 133 cm³/mol. The van der Waals surface area contributed by atoms with E-state index in [2.05, 4.69) is 38.8 Å². The molecule has 0 aliphatic carbocycles. The minimum absolute atomic E-state index is 0.157. The number of halogens is 1. The Balaban J connectivity index is 1.93. The molecule has 0 aliphatic rings. The fourth-order valence-corrected chi connectivity index (χ4v) is 3.54. The Bertz CT molecular complexity index is 950. The molecule has 2 aromatic rings. The van der Waals surface area contributed by atoms with Crippen molar-refractivity contribution in [1.29, 1.82) is 0 Å². The molecule has 0 aromatic heterocycles. The highest BCUT2D eigenvalue weighted by Crippen LogP contribution is 2.26. The zero-order valence-corrected chi connectivity index (χ0v) is 20.4. The highest BCUT2D eigenvalue weighted by atomic mass is 79.9. The minimum Gasteiger partial charge on any atom is -0.492 e. The second kappa shape index (κ2) is 12.4. The van der Waals surface area contributed by atoms with E-state index in [1.165, 1.54) is 19.8 Å². The Hall–Kier alpha value is -2.45. The molecule has 0 saturated carbocycles. The molecular weight excluding hydrogens is 478 g/mol. The molecule has 3 N–H and O–H groups in total. The molecule has 0 bridgehead atoms. The van der Waals surface area contributed by atoms with Crippen molar-refractivity contribution in [2.75, 3.05) is 17.2 Å². The zero-order chi connectivity index (χ0) is 22.8. The predicted octanol–water partition coefficient (Wildman–Crippen LogP) is 5.80. The van der Waals surface area contributed by atoms with Gasteiger partial charge in [0.1, 0.15) is 5.75 Å². The van der Waals surface area contributed by atoms with Crippen molar-refractivity contribution in [2.45, 2.75) is 46.5 Å². The summed E-state index contributed by atoms with van der Waals surface area (Å²) in [4.78, 5) is 23.9. The molecule has 0 radical (unpaired) electrons. The number of unbranched alkanes of at least 4 members (excludes halogenated alkanes) is 3. The second-order valence-corrected chi connectivity index (χ2v) is 8.44. The fraction of sp³-hybridized carbons (Fsp3) is 0.348. The molecule has 166 valence electrons. The largest absolute Gasteiger partial charge is 0.492 e. The van der Waals surface area contributed by atoms with Crippen LogP contribution in [0.3, 0.4) is 0 Å². The molecule has 0 saturated heterocycles. The first-order valence-corrected chi connectivity index (χ1v) is 11.4. The van der Waals surface area contributed by atoms with Crippen LogP contribution in [0.1, 0.15) is 55.5 Å². The number of benzene rings is 2. The summed E-state index contributed by atoms with van der Waals surface area (Å²) in [6, 6.07) is 10.6. The number of carbonyl (C=O) groups excluding carboxylic acids is 2. The number of hydrogen-bond donors (Lipinski definition) is 3. The van der Waals surface area contributed by atoms with E-state index in [-0.39, 0.29) is 16.9 Å². The summed E-state index contributed by atoms with van der Waals surface area (Å²) in [5.41, 5.74) is 2.72. The highest BCUT2D eigenvalue weighted by molar-refractivity contribution is 9.10. The van der Waals surface area contributed by atoms with Gasteiger partial charge in [0.2, 0.25) is 5.91 Å². The fourth-order valence-electron chi connectivity index (χ4n) is 2.83. The molecular formula is C23H28BrN3O3S. The third-order valence-corrected chi connectivity index (χ3v) is 5.31. The van der Waals surface area contributed by atoms with Gasteiger partial charge < -0.3 is 15.4 Å². The lowest BCUT2D eigenvalue weighted by Crippen LogP contribution is -2.34. The molecule has 0 atom stereocenters. The summed E-state index contributed by atoms with van der Waals surface area (Å²) in [6.45, 7) is 6.17. The van der Waals surface area contributed by atoms with E-state index in [9.17, 15) is 9.59 Å². The molecule has 0 aliphatic heterocycles. The first-order valence-electron chi connectivity index (χ1n) is 10.2. The number of hydrogen-bond acceptors (Lipinski definition) is 4. The summed E-state index contributed by atoms with van der Waals surface area (Å²) in [5, 5.41) is 8.56. The number of carbonyl (C=O) groups is 2. The number of anilines is 2. The van der Waals surface area contributed by atoms with Crippen molar-refractivity contribution in [2.24, 2.45) is 0 Å². The summed E-state index contributed by atoms with van der Waals surface area (Å²) < 4.78 is 6.50. The van der Waals surface area contributed by atoms with Crippen LogP contribution in [0, 0.1) is 6.92 Å². The zero-order valence-electron chi connectivity index (χ0n) is 18.0. The Morgan fingerprint density at radius 2 is 1.84 bits per heavy atom. The lowest BCUT2D eigenvalue weighted by molar-refractivity contribution is -0.114. The van der Waals surface area contributed by atoms with Gasteiger partial charge >= 0.3 is 0 Å². The Morgan fingerprint density at radius 3 is 2.52 bits per heavy atom. The van der Waals surface area contributed by atoms with Crippen LogP contribution in [0.15, 0.2) is 40.9 Å². The number of amides is 2. The van der Waals surface area contributed by atoms with E-state index in [4.69, 9.17) is 17.0 Å². The van der Waals surface area contributed by atoms with E-state index in [1.54, 1.807) is 24.3 Å². The van der Waals surface area contributed by atoms with E-state index in [0.717, 1.165) is 18.4 Å². The lowest BCUT2D eigenvalue weighted by Gasteiger charge is -2.13. The summed E-state index contributed by atoms with van der Waals surface area (Å²) in [5.74, 6) is 0.218. The maximum Gasteiger partial charge on any atom is 0.257 e. The Labute approximate surface area is 197 Å². The van der Waals surface area contributed by atoms with Gasteiger partial charge in [-0.3, -0.25) is 14.9 Å². The SMILES string of the molecule is CCCCCCOc1ccc(C(=O)NC(=S)Nc2ccc(C)c(NC(C)=O)c2)cc1Br. The van der Waals surface area contributed by atoms with E-state index < -0.39 is 0 Å². The first-order chi connectivity index (χ1) is 14.8. The Kier molecular flexibility index (Phi) is 9.94. The molecule has 2 aromatic carbocycles. The van der Waals surface area contributed by atoms with Crippen molar-refractivity contribution in [1.82, 2.24) is 5.32 Å². The third-order valence-electron chi connectivity index (χ3n) is 4.48. The average Bonchev–Trinajstić information content (AvgIpc) is 2.70. The van der Waals surface area contributed by atoms with E-state index in [0.29, 0.717) is 33.8 Å². The number of thiocarbonyl (C=S) groups is 1. The third kappa shape index (κ3) is 8.30. The van der Waals surface area contributed by atoms with Crippen molar-refractivity contribution in [3.63, 3.8) is 0 Å². The quantitative estimate of drug-likeness (QED) is 0.296. The van der Waals surface area contributed by atoms with Gasteiger partial charge in [-0.15, -0.1) is 0 Å². The van der Waals surface area contributed by atoms with Crippen LogP contribution in [-0.2, 0) is 4.79 Å². The monoisotopic (exact) mass is 505 g/mol. The van der Waals surface area contributed by atoms with Gasteiger partial charge in [0.05, 0.1) is 11.1 Å². The van der Waals surface area contributed by atoms with Gasteiger partial charge in [-0.05, 0) is 77.4 Å². The van der Waals surface area contributed by atoms with Gasteiger partial charge in [0.25, 0.3) is 5.91 Å². The Morgan fingerprint density at radius 1 is 1.06 bits per heavy atom. The molecule has 2 rings (SSSR count). The second-order valence-electron chi connectivity index (χ2n) is 7.17. The molecule has 31 heavy (non-hydrogen) atoms. The van der Waals surface area contributed by atoms with Crippen LogP contribution >= 0.6 is 28.1 Å². The number of nitrogens with one attached hydrogen (secondary N) is 3. The van der Waals surface area contributed by atoms with Gasteiger partial charge in [-0.1, -0.05) is 32.3 Å². The van der Waals surface area contributed by atoms with Crippen LogP contribution in [0.25, 0.3) is 0 Å². The number of rotatable bonds is 9. The summed E-state index contributed by atoms with van der Waals surface area (Å²) in [7, 11) is 0. The topological polar surface area (TPSA) is 79.5 Å². The molecule has 0 fully saturated rings. The minimum atomic E-state index is -0.332. The highest BCUT2D eigenvalue weighted by Gasteiger charge is 2.12. The normalized spacial score (nSPS) is 10.3. The van der Waals surface area contributed by atoms with Gasteiger partial charge in [-0.25, -0.2) is 0 Å². The first kappa shape index (κ1) is 24.8. The van der Waals surface area contributed by atoms with Gasteiger partial charge in [-0.2, -0.15) is 0 Å². The van der Waals surface area contributed by atoms with Crippen molar-refractivity contribution in [3.05, 3.63) is 52.0 Å². The smallest absolute Gasteiger partial charge is 0.257 e. The van der Waals surface area contributed by atoms with E-state index in [1.807, 2.05) is 19.1 Å². The van der Waals surface area contributed by atoms with Crippen LogP contribution in [-0.4, -0.2) is 23.5 Å². The average molecular weight is 506 g/mol. The lowest BCUT2D eigenvalue weighted by atomic mass is 10.2. The molecule has 0 heterocycles. The number of aryl methyl sites for hydroxylation is 1. The standard InChI is InChI=1S/C23H28BrN3O3S/c1-4-5-6-7-12-30-21-11-9-17(13-19(21)24)22(29)27-23(31)26-18-10-8-15(2)20(14-18)25-16(3)28/h8-11,13-14H,4-7,12H2,1-3H3,(H,25,28)(H2,26,27,29,31). The summed E-state index contributed by atoms with van der Waals surface area (Å²) in [6.07, 6.45) is 4.54. The van der Waals surface area contributed by atoms with Gasteiger partial charge in [0.15, 0.2) is 5.11 Å². The maximum atomic E-state index is 12.6. The molecule has 6 nitrogen and oxygen atoms in total. The molecule has 0 unspecified atom stereocenters. The van der Waals surface area contributed by atoms with Crippen LogP contribution < -0.4 is 20.7 Å². The number of ether oxygens (including phenoxy) is 1. The molecule has 2 amide bonds. The van der Waals surface area contributed by atoms with Crippen LogP contribution in [0.4, 0.5) is 11.4 Å². The van der Waals surface area contributed by atoms with Crippen molar-refractivity contribution in [3.8, 4) is 5.75 Å². The van der Waals surface area contributed by atoms with Crippen molar-refractivity contribution >= 4 is 56.4 Å². The molecule has 8 heteroatoms. The van der Waals surface area contributed by atoms with Crippen LogP contribution in [0.5, 0.6) is 5.75 Å². The van der Waals surface area contributed by atoms with E-state index >= 15 is 0 Å². The molecule has 0 spiro atoms. The summed E-state index contributed by atoms with van der Waals surface area (Å²) >= 11 is 8.72.